The molecule has 0 aliphatic carbocycles. The molecule has 1 saturated heterocycles. The van der Waals surface area contributed by atoms with Gasteiger partial charge in [0.1, 0.15) is 0 Å². The third kappa shape index (κ3) is 4.10. The molecule has 3 rings (SSSR count). The molecular weight excluding hydrogens is 328 g/mol. The maximum Gasteiger partial charge on any atom is 0.227 e. The van der Waals surface area contributed by atoms with Crippen LogP contribution in [0, 0.1) is 6.92 Å². The van der Waals surface area contributed by atoms with E-state index in [2.05, 4.69) is 36.1 Å². The van der Waals surface area contributed by atoms with Gasteiger partial charge in [-0.05, 0) is 42.3 Å². The fourth-order valence-corrected chi connectivity index (χ4v) is 3.32. The molecule has 2 aromatic carbocycles. The first-order chi connectivity index (χ1) is 12.6. The van der Waals surface area contributed by atoms with Gasteiger partial charge in [0.25, 0.3) is 0 Å². The Morgan fingerprint density at radius 3 is 2.35 bits per heavy atom. The SMILES string of the molecule is COc1ccc(CC(=O)N2CCN(c3cccc(C)c3)CC2)cc1OC. The number of aryl methyl sites for hydroxylation is 1. The highest BCUT2D eigenvalue weighted by molar-refractivity contribution is 5.79. The van der Waals surface area contributed by atoms with Gasteiger partial charge in [-0.15, -0.1) is 0 Å². The van der Waals surface area contributed by atoms with Crippen molar-refractivity contribution in [2.75, 3.05) is 45.3 Å². The molecule has 5 heteroatoms. The van der Waals surface area contributed by atoms with Crippen LogP contribution in [-0.4, -0.2) is 51.2 Å². The van der Waals surface area contributed by atoms with Crippen LogP contribution in [0.2, 0.25) is 0 Å². The summed E-state index contributed by atoms with van der Waals surface area (Å²) in [6.07, 6.45) is 0.380. The van der Waals surface area contributed by atoms with E-state index >= 15 is 0 Å². The fourth-order valence-electron chi connectivity index (χ4n) is 3.32. The molecule has 1 fully saturated rings. The van der Waals surface area contributed by atoms with Crippen molar-refractivity contribution in [1.82, 2.24) is 4.90 Å². The second-order valence-corrected chi connectivity index (χ2v) is 6.57. The second-order valence-electron chi connectivity index (χ2n) is 6.57. The highest BCUT2D eigenvalue weighted by atomic mass is 16.5. The minimum Gasteiger partial charge on any atom is -0.493 e. The smallest absolute Gasteiger partial charge is 0.227 e. The van der Waals surface area contributed by atoms with Gasteiger partial charge in [-0.2, -0.15) is 0 Å². The van der Waals surface area contributed by atoms with E-state index in [1.165, 1.54) is 11.3 Å². The first kappa shape index (κ1) is 18.1. The lowest BCUT2D eigenvalue weighted by Gasteiger charge is -2.36. The summed E-state index contributed by atoms with van der Waals surface area (Å²) in [7, 11) is 3.21. The molecule has 0 saturated carbocycles. The van der Waals surface area contributed by atoms with Crippen LogP contribution in [0.3, 0.4) is 0 Å². The average Bonchev–Trinajstić information content (AvgIpc) is 2.68. The van der Waals surface area contributed by atoms with Crippen molar-refractivity contribution < 1.29 is 14.3 Å². The molecule has 0 spiro atoms. The van der Waals surface area contributed by atoms with Gasteiger partial charge in [0, 0.05) is 31.9 Å². The van der Waals surface area contributed by atoms with E-state index in [9.17, 15) is 4.79 Å². The summed E-state index contributed by atoms with van der Waals surface area (Å²) < 4.78 is 10.6. The van der Waals surface area contributed by atoms with Crippen molar-refractivity contribution in [3.8, 4) is 11.5 Å². The topological polar surface area (TPSA) is 42.0 Å². The molecule has 138 valence electrons. The van der Waals surface area contributed by atoms with Gasteiger partial charge in [0.15, 0.2) is 11.5 Å². The van der Waals surface area contributed by atoms with E-state index in [0.717, 1.165) is 31.7 Å². The highest BCUT2D eigenvalue weighted by Gasteiger charge is 2.21. The Labute approximate surface area is 155 Å². The minimum absolute atomic E-state index is 0.154. The molecule has 1 aliphatic heterocycles. The number of amides is 1. The number of benzene rings is 2. The van der Waals surface area contributed by atoms with Crippen molar-refractivity contribution in [3.63, 3.8) is 0 Å². The molecule has 5 nitrogen and oxygen atoms in total. The quantitative estimate of drug-likeness (QED) is 0.828. The average molecular weight is 354 g/mol. The van der Waals surface area contributed by atoms with Crippen LogP contribution >= 0.6 is 0 Å². The van der Waals surface area contributed by atoms with Crippen molar-refractivity contribution >= 4 is 11.6 Å². The molecule has 0 bridgehead atoms. The van der Waals surface area contributed by atoms with Crippen molar-refractivity contribution in [3.05, 3.63) is 53.6 Å². The largest absolute Gasteiger partial charge is 0.493 e. The number of carbonyl (C=O) groups excluding carboxylic acids is 1. The molecule has 0 aromatic heterocycles. The van der Waals surface area contributed by atoms with Gasteiger partial charge >= 0.3 is 0 Å². The molecule has 1 amide bonds. The van der Waals surface area contributed by atoms with Crippen LogP contribution in [0.5, 0.6) is 11.5 Å². The zero-order chi connectivity index (χ0) is 18.5. The predicted molar refractivity (Wildman–Crippen MR) is 103 cm³/mol. The number of piperazine rings is 1. The number of methoxy groups -OCH3 is 2. The Balaban J connectivity index is 1.58. The van der Waals surface area contributed by atoms with E-state index < -0.39 is 0 Å². The molecule has 1 aliphatic rings. The Kier molecular flexibility index (Phi) is 5.66. The number of hydrogen-bond acceptors (Lipinski definition) is 4. The molecule has 2 aromatic rings. The summed E-state index contributed by atoms with van der Waals surface area (Å²) in [5.41, 5.74) is 3.43. The Morgan fingerprint density at radius 1 is 0.962 bits per heavy atom. The van der Waals surface area contributed by atoms with Gasteiger partial charge in [0.05, 0.1) is 20.6 Å². The Hall–Kier alpha value is -2.69. The number of nitrogens with zero attached hydrogens (tertiary/aromatic N) is 2. The van der Waals surface area contributed by atoms with E-state index in [1.807, 2.05) is 23.1 Å². The normalized spacial score (nSPS) is 14.3. The van der Waals surface area contributed by atoms with Gasteiger partial charge in [0.2, 0.25) is 5.91 Å². The van der Waals surface area contributed by atoms with Crippen molar-refractivity contribution in [2.45, 2.75) is 13.3 Å². The summed E-state index contributed by atoms with van der Waals surface area (Å²) in [5.74, 6) is 1.48. The molecule has 0 radical (unpaired) electrons. The van der Waals surface area contributed by atoms with Crippen LogP contribution in [0.25, 0.3) is 0 Å². The maximum absolute atomic E-state index is 12.7. The molecule has 0 atom stereocenters. The van der Waals surface area contributed by atoms with E-state index in [-0.39, 0.29) is 5.91 Å². The van der Waals surface area contributed by atoms with Crippen LogP contribution in [0.15, 0.2) is 42.5 Å². The summed E-state index contributed by atoms with van der Waals surface area (Å²) in [5, 5.41) is 0. The fraction of sp³-hybridized carbons (Fsp3) is 0.381. The second kappa shape index (κ2) is 8.13. The van der Waals surface area contributed by atoms with Gasteiger partial charge in [-0.3, -0.25) is 4.79 Å². The molecular formula is C21H26N2O3. The summed E-state index contributed by atoms with van der Waals surface area (Å²) in [6.45, 7) is 5.33. The Bertz CT molecular complexity index is 768. The van der Waals surface area contributed by atoms with Crippen LogP contribution in [-0.2, 0) is 11.2 Å². The highest BCUT2D eigenvalue weighted by Crippen LogP contribution is 2.28. The predicted octanol–water partition coefficient (Wildman–Crippen LogP) is 2.90. The monoisotopic (exact) mass is 354 g/mol. The van der Waals surface area contributed by atoms with Gasteiger partial charge in [-0.25, -0.2) is 0 Å². The number of rotatable bonds is 5. The van der Waals surface area contributed by atoms with Gasteiger partial charge < -0.3 is 19.3 Å². The lowest BCUT2D eigenvalue weighted by molar-refractivity contribution is -0.130. The first-order valence-electron chi connectivity index (χ1n) is 8.91. The van der Waals surface area contributed by atoms with Crippen LogP contribution < -0.4 is 14.4 Å². The van der Waals surface area contributed by atoms with E-state index in [0.29, 0.717) is 17.9 Å². The number of carbonyl (C=O) groups is 1. The molecule has 26 heavy (non-hydrogen) atoms. The summed E-state index contributed by atoms with van der Waals surface area (Å²) in [6, 6.07) is 14.2. The third-order valence-corrected chi connectivity index (χ3v) is 4.80. The molecule has 0 unspecified atom stereocenters. The number of hydrogen-bond donors (Lipinski definition) is 0. The zero-order valence-electron chi connectivity index (χ0n) is 15.7. The molecule has 1 heterocycles. The lowest BCUT2D eigenvalue weighted by atomic mass is 10.1. The zero-order valence-corrected chi connectivity index (χ0v) is 15.7. The number of ether oxygens (including phenoxy) is 2. The van der Waals surface area contributed by atoms with Crippen LogP contribution in [0.4, 0.5) is 5.69 Å². The summed E-state index contributed by atoms with van der Waals surface area (Å²) in [4.78, 5) is 16.9. The lowest BCUT2D eigenvalue weighted by Crippen LogP contribution is -2.49. The Morgan fingerprint density at radius 2 is 1.69 bits per heavy atom. The standard InChI is InChI=1S/C21H26N2O3/c1-16-5-4-6-18(13-16)22-9-11-23(12-10-22)21(24)15-17-7-8-19(25-2)20(14-17)26-3/h4-8,13-14H,9-12,15H2,1-3H3. The first-order valence-corrected chi connectivity index (χ1v) is 8.91. The summed E-state index contributed by atoms with van der Waals surface area (Å²) >= 11 is 0. The minimum atomic E-state index is 0.154. The van der Waals surface area contributed by atoms with E-state index in [4.69, 9.17) is 9.47 Å². The van der Waals surface area contributed by atoms with Crippen LogP contribution in [0.1, 0.15) is 11.1 Å². The maximum atomic E-state index is 12.7. The van der Waals surface area contributed by atoms with Crippen molar-refractivity contribution in [1.29, 1.82) is 0 Å². The number of anilines is 1. The van der Waals surface area contributed by atoms with Gasteiger partial charge in [-0.1, -0.05) is 18.2 Å². The van der Waals surface area contributed by atoms with E-state index in [1.54, 1.807) is 14.2 Å². The third-order valence-electron chi connectivity index (χ3n) is 4.80. The van der Waals surface area contributed by atoms with Crippen molar-refractivity contribution in [2.24, 2.45) is 0 Å². The molecule has 0 N–H and O–H groups in total.